The van der Waals surface area contributed by atoms with E-state index in [2.05, 4.69) is 15.9 Å². The van der Waals surface area contributed by atoms with Gasteiger partial charge in [-0.05, 0) is 28.1 Å². The minimum atomic E-state index is -0.574. The van der Waals surface area contributed by atoms with Crippen LogP contribution in [0.5, 0.6) is 0 Å². The number of hydrogen-bond acceptors (Lipinski definition) is 0. The van der Waals surface area contributed by atoms with Crippen LogP contribution < -0.4 is 0 Å². The molecule has 0 aliphatic heterocycles. The van der Waals surface area contributed by atoms with E-state index in [1.165, 1.54) is 12.1 Å². The summed E-state index contributed by atoms with van der Waals surface area (Å²) in [7, 11) is 0. The molecule has 0 aliphatic rings. The molecular weight excluding hydrogens is 202 g/mol. The second kappa shape index (κ2) is 3.66. The van der Waals surface area contributed by atoms with Crippen LogP contribution in [0.1, 0.15) is 7.43 Å². The smallest absolute Gasteiger partial charge is 0.140 e. The van der Waals surface area contributed by atoms with Gasteiger partial charge in [-0.25, -0.2) is 8.78 Å². The van der Waals surface area contributed by atoms with E-state index in [1.807, 2.05) is 0 Å². The maximum Gasteiger partial charge on any atom is 0.140 e. The van der Waals surface area contributed by atoms with Crippen LogP contribution in [0.2, 0.25) is 0 Å². The van der Waals surface area contributed by atoms with Gasteiger partial charge in [0.25, 0.3) is 0 Å². The Kier molecular flexibility index (Phi) is 3.50. The first-order valence-corrected chi connectivity index (χ1v) is 3.10. The predicted octanol–water partition coefficient (Wildman–Crippen LogP) is 3.36. The number of benzene rings is 1. The van der Waals surface area contributed by atoms with E-state index in [0.29, 0.717) is 0 Å². The zero-order valence-electron chi connectivity index (χ0n) is 4.37. The monoisotopic (exact) mass is 208 g/mol. The second-order valence-electron chi connectivity index (χ2n) is 1.56. The molecule has 0 heterocycles. The molecule has 0 N–H and O–H groups in total. The first kappa shape index (κ1) is 9.56. The lowest BCUT2D eigenvalue weighted by Crippen LogP contribution is -1.78. The van der Waals surface area contributed by atoms with Crippen LogP contribution in [0, 0.1) is 11.6 Å². The molecule has 3 heteroatoms. The summed E-state index contributed by atoms with van der Waals surface area (Å²) in [6.07, 6.45) is 0. The largest absolute Gasteiger partial charge is 0.207 e. The Morgan fingerprint density at radius 3 is 2.20 bits per heavy atom. The van der Waals surface area contributed by atoms with Crippen molar-refractivity contribution < 1.29 is 8.78 Å². The van der Waals surface area contributed by atoms with Gasteiger partial charge in [-0.15, -0.1) is 0 Å². The third-order valence-corrected chi connectivity index (χ3v) is 1.52. The van der Waals surface area contributed by atoms with Gasteiger partial charge in [-0.1, -0.05) is 7.43 Å². The van der Waals surface area contributed by atoms with Crippen LogP contribution in [-0.4, -0.2) is 0 Å². The van der Waals surface area contributed by atoms with E-state index in [4.69, 9.17) is 0 Å². The highest BCUT2D eigenvalue weighted by Crippen LogP contribution is 2.14. The van der Waals surface area contributed by atoms with Gasteiger partial charge in [0.05, 0.1) is 4.47 Å². The highest BCUT2D eigenvalue weighted by atomic mass is 79.9. The molecule has 0 aromatic heterocycles. The van der Waals surface area contributed by atoms with Crippen LogP contribution in [0.3, 0.4) is 0 Å². The zero-order chi connectivity index (χ0) is 6.85. The Hall–Kier alpha value is -0.440. The summed E-state index contributed by atoms with van der Waals surface area (Å²) in [4.78, 5) is 0. The maximum absolute atomic E-state index is 12.3. The zero-order valence-corrected chi connectivity index (χ0v) is 5.95. The highest BCUT2D eigenvalue weighted by Gasteiger charge is 1.97. The van der Waals surface area contributed by atoms with E-state index in [-0.39, 0.29) is 11.9 Å². The fourth-order valence-corrected chi connectivity index (χ4v) is 0.717. The van der Waals surface area contributed by atoms with Gasteiger partial charge in [0, 0.05) is 6.07 Å². The number of hydrogen-bond donors (Lipinski definition) is 0. The fourth-order valence-electron chi connectivity index (χ4n) is 0.470. The third-order valence-electron chi connectivity index (χ3n) is 0.882. The van der Waals surface area contributed by atoms with E-state index in [9.17, 15) is 8.78 Å². The van der Waals surface area contributed by atoms with Gasteiger partial charge in [0.15, 0.2) is 0 Å². The molecule has 1 aromatic carbocycles. The molecule has 0 saturated heterocycles. The van der Waals surface area contributed by atoms with Crippen LogP contribution in [0.4, 0.5) is 8.78 Å². The standard InChI is InChI=1S/C6H3BrF2.CH4/c7-5-2-1-4(8)3-6(5)9;/h1-3H;1H4. The summed E-state index contributed by atoms with van der Waals surface area (Å²) in [6, 6.07) is 3.34. The molecule has 1 aromatic rings. The van der Waals surface area contributed by atoms with Gasteiger partial charge in [-0.2, -0.15) is 0 Å². The molecule has 0 amide bonds. The van der Waals surface area contributed by atoms with Crippen LogP contribution >= 0.6 is 15.9 Å². The van der Waals surface area contributed by atoms with Crippen LogP contribution in [-0.2, 0) is 0 Å². The summed E-state index contributed by atoms with van der Waals surface area (Å²) < 4.78 is 24.7. The van der Waals surface area contributed by atoms with E-state index in [1.54, 1.807) is 0 Å². The Morgan fingerprint density at radius 2 is 1.80 bits per heavy atom. The minimum absolute atomic E-state index is 0. The lowest BCUT2D eigenvalue weighted by atomic mass is 10.3. The molecule has 56 valence electrons. The first-order chi connectivity index (χ1) is 4.20. The van der Waals surface area contributed by atoms with Crippen molar-refractivity contribution >= 4 is 15.9 Å². The van der Waals surface area contributed by atoms with Crippen molar-refractivity contribution in [2.45, 2.75) is 7.43 Å². The third kappa shape index (κ3) is 2.06. The molecule has 0 spiro atoms. The summed E-state index contributed by atoms with van der Waals surface area (Å²) in [6.45, 7) is 0. The van der Waals surface area contributed by atoms with Crippen LogP contribution in [0.25, 0.3) is 0 Å². The Bertz CT molecular complexity index is 223. The fraction of sp³-hybridized carbons (Fsp3) is 0.143. The van der Waals surface area contributed by atoms with Crippen molar-refractivity contribution in [2.75, 3.05) is 0 Å². The maximum atomic E-state index is 12.3. The van der Waals surface area contributed by atoms with Gasteiger partial charge >= 0.3 is 0 Å². The normalized spacial score (nSPS) is 8.70. The van der Waals surface area contributed by atoms with Crippen molar-refractivity contribution in [2.24, 2.45) is 0 Å². The molecule has 10 heavy (non-hydrogen) atoms. The topological polar surface area (TPSA) is 0 Å². The van der Waals surface area contributed by atoms with Crippen molar-refractivity contribution in [3.8, 4) is 0 Å². The summed E-state index contributed by atoms with van der Waals surface area (Å²) in [5.74, 6) is -1.13. The quantitative estimate of drug-likeness (QED) is 0.574. The number of rotatable bonds is 0. The average Bonchev–Trinajstić information content (AvgIpc) is 1.80. The summed E-state index contributed by atoms with van der Waals surface area (Å²) in [5, 5.41) is 0. The molecular formula is C7H7BrF2. The van der Waals surface area contributed by atoms with Crippen molar-refractivity contribution in [3.63, 3.8) is 0 Å². The van der Waals surface area contributed by atoms with Gasteiger partial charge in [0.2, 0.25) is 0 Å². The second-order valence-corrected chi connectivity index (χ2v) is 2.41. The van der Waals surface area contributed by atoms with Gasteiger partial charge < -0.3 is 0 Å². The molecule has 0 nitrogen and oxygen atoms in total. The highest BCUT2D eigenvalue weighted by molar-refractivity contribution is 9.10. The Morgan fingerprint density at radius 1 is 1.20 bits per heavy atom. The van der Waals surface area contributed by atoms with Crippen molar-refractivity contribution in [1.82, 2.24) is 0 Å². The summed E-state index contributed by atoms with van der Waals surface area (Å²) >= 11 is 2.89. The molecule has 1 rings (SSSR count). The van der Waals surface area contributed by atoms with Crippen molar-refractivity contribution in [1.29, 1.82) is 0 Å². The Balaban J connectivity index is 0.000000810. The molecule has 0 atom stereocenters. The minimum Gasteiger partial charge on any atom is -0.207 e. The van der Waals surface area contributed by atoms with E-state index < -0.39 is 11.6 Å². The lowest BCUT2D eigenvalue weighted by molar-refractivity contribution is 0.579. The predicted molar refractivity (Wildman–Crippen MR) is 40.8 cm³/mol. The SMILES string of the molecule is C.Fc1ccc(Br)c(F)c1. The Labute approximate surface area is 67.0 Å². The molecule has 0 saturated carbocycles. The van der Waals surface area contributed by atoms with E-state index in [0.717, 1.165) is 6.07 Å². The molecule has 0 radical (unpaired) electrons. The molecule has 0 aliphatic carbocycles. The van der Waals surface area contributed by atoms with E-state index >= 15 is 0 Å². The van der Waals surface area contributed by atoms with Gasteiger partial charge in [0.1, 0.15) is 11.6 Å². The summed E-state index contributed by atoms with van der Waals surface area (Å²) in [5.41, 5.74) is 0. The number of halogens is 3. The lowest BCUT2D eigenvalue weighted by Gasteiger charge is -1.90. The molecule has 0 fully saturated rings. The molecule has 0 unspecified atom stereocenters. The average molecular weight is 209 g/mol. The first-order valence-electron chi connectivity index (χ1n) is 2.30. The van der Waals surface area contributed by atoms with Crippen molar-refractivity contribution in [3.05, 3.63) is 34.3 Å². The molecule has 0 bridgehead atoms. The van der Waals surface area contributed by atoms with Crippen LogP contribution in [0.15, 0.2) is 22.7 Å². The van der Waals surface area contributed by atoms with Gasteiger partial charge in [-0.3, -0.25) is 0 Å².